The molecule has 0 aromatic carbocycles. The highest BCUT2D eigenvalue weighted by molar-refractivity contribution is 5.87. The van der Waals surface area contributed by atoms with Crippen LogP contribution in [0.3, 0.4) is 0 Å². The summed E-state index contributed by atoms with van der Waals surface area (Å²) in [4.78, 5) is 35.4. The van der Waals surface area contributed by atoms with Crippen LogP contribution in [0.2, 0.25) is 0 Å². The van der Waals surface area contributed by atoms with Gasteiger partial charge in [-0.05, 0) is 43.7 Å². The van der Waals surface area contributed by atoms with Crippen molar-refractivity contribution in [1.82, 2.24) is 9.97 Å². The predicted molar refractivity (Wildman–Crippen MR) is 222 cm³/mol. The molecule has 2 aromatic rings. The van der Waals surface area contributed by atoms with Gasteiger partial charge in [0, 0.05) is 48.3 Å². The minimum absolute atomic E-state index is 0.0133. The van der Waals surface area contributed by atoms with E-state index in [-0.39, 0.29) is 41.6 Å². The number of rotatable bonds is 10. The first kappa shape index (κ1) is 44.0. The summed E-state index contributed by atoms with van der Waals surface area (Å²) in [6.07, 6.45) is 32.4. The Morgan fingerprint density at radius 1 is 0.810 bits per heavy atom. The molecule has 310 valence electrons. The van der Waals surface area contributed by atoms with Crippen LogP contribution in [0.15, 0.2) is 118 Å². The second-order valence-corrected chi connectivity index (χ2v) is 15.9. The van der Waals surface area contributed by atoms with E-state index in [4.69, 9.17) is 24.0 Å². The quantitative estimate of drug-likeness (QED) is 0.138. The van der Waals surface area contributed by atoms with Crippen LogP contribution >= 0.6 is 0 Å². The summed E-state index contributed by atoms with van der Waals surface area (Å²) in [5.74, 6) is -0.569. The molecule has 1 fully saturated rings. The second kappa shape index (κ2) is 20.5. The molecule has 0 amide bonds. The fraction of sp³-hybridized carbons (Fsp3) is 0.435. The van der Waals surface area contributed by atoms with Gasteiger partial charge in [0.15, 0.2) is 11.4 Å². The molecule has 58 heavy (non-hydrogen) atoms. The van der Waals surface area contributed by atoms with E-state index in [1.54, 1.807) is 36.5 Å². The molecule has 12 heteroatoms. The van der Waals surface area contributed by atoms with Crippen LogP contribution < -0.4 is 5.73 Å². The number of aliphatic hydroxyl groups is 3. The van der Waals surface area contributed by atoms with Crippen molar-refractivity contribution in [2.75, 3.05) is 13.2 Å². The zero-order chi connectivity index (χ0) is 41.7. The molecule has 2 aromatic heterocycles. The smallest absolute Gasteiger partial charge is 0.360 e. The number of cyclic esters (lactones) is 2. The minimum Gasteiger partial charge on any atom is -0.457 e. The first-order valence-corrected chi connectivity index (χ1v) is 19.9. The molecular weight excluding hydrogens is 739 g/mol. The number of nitrogens with two attached hydrogens (primary N) is 1. The number of aromatic nitrogens is 2. The fourth-order valence-electron chi connectivity index (χ4n) is 6.47. The summed E-state index contributed by atoms with van der Waals surface area (Å²) in [6.45, 7) is 7.78. The lowest BCUT2D eigenvalue weighted by molar-refractivity contribution is -0.0462. The molecule has 12 nitrogen and oxygen atoms in total. The summed E-state index contributed by atoms with van der Waals surface area (Å²) in [5.41, 5.74) is 6.19. The van der Waals surface area contributed by atoms with Gasteiger partial charge in [-0.15, -0.1) is 0 Å². The molecule has 5 rings (SSSR count). The molecular formula is C46H57N3O9. The number of carbonyl (C=O) groups excluding carboxylic acids is 2. The van der Waals surface area contributed by atoms with Crippen molar-refractivity contribution in [3.8, 4) is 0 Å². The third-order valence-corrected chi connectivity index (χ3v) is 10.9. The Hall–Kier alpha value is -5.14. The van der Waals surface area contributed by atoms with E-state index in [9.17, 15) is 24.9 Å². The Bertz CT molecular complexity index is 1990. The molecule has 1 aliphatic heterocycles. The summed E-state index contributed by atoms with van der Waals surface area (Å²) in [6, 6.07) is 0. The number of hydrogen-bond donors (Lipinski definition) is 4. The van der Waals surface area contributed by atoms with Gasteiger partial charge in [0.05, 0.1) is 12.2 Å². The maximum atomic E-state index is 13.4. The van der Waals surface area contributed by atoms with Crippen molar-refractivity contribution in [1.29, 1.82) is 0 Å². The maximum Gasteiger partial charge on any atom is 0.360 e. The lowest BCUT2D eigenvalue weighted by atomic mass is 9.77. The molecule has 2 aliphatic carbocycles. The van der Waals surface area contributed by atoms with Gasteiger partial charge in [-0.25, -0.2) is 19.6 Å². The number of carbonyl (C=O) groups is 2. The third kappa shape index (κ3) is 12.0. The lowest BCUT2D eigenvalue weighted by Crippen LogP contribution is -2.42. The van der Waals surface area contributed by atoms with Gasteiger partial charge < -0.3 is 39.4 Å². The van der Waals surface area contributed by atoms with Crippen LogP contribution in [0.1, 0.15) is 99.0 Å². The number of ether oxygens (including phenoxy) is 2. The lowest BCUT2D eigenvalue weighted by Gasteiger charge is -2.36. The largest absolute Gasteiger partial charge is 0.457 e. The molecule has 5 N–H and O–H groups in total. The highest BCUT2D eigenvalue weighted by Gasteiger charge is 2.39. The molecule has 1 saturated carbocycles. The third-order valence-electron chi connectivity index (χ3n) is 10.9. The van der Waals surface area contributed by atoms with E-state index in [2.05, 4.69) is 22.1 Å². The van der Waals surface area contributed by atoms with Crippen molar-refractivity contribution in [2.24, 2.45) is 28.4 Å². The number of oxazole rings is 2. The van der Waals surface area contributed by atoms with Crippen LogP contribution in [0, 0.1) is 22.7 Å². The molecule has 1 unspecified atom stereocenters. The van der Waals surface area contributed by atoms with Gasteiger partial charge in [-0.1, -0.05) is 118 Å². The average molecular weight is 796 g/mol. The highest BCUT2D eigenvalue weighted by Crippen LogP contribution is 2.37. The van der Waals surface area contributed by atoms with E-state index in [1.807, 2.05) is 76.3 Å². The fourth-order valence-corrected chi connectivity index (χ4v) is 6.47. The van der Waals surface area contributed by atoms with Crippen molar-refractivity contribution in [3.05, 3.63) is 132 Å². The number of aliphatic hydroxyl groups excluding tert-OH is 3. The van der Waals surface area contributed by atoms with Crippen molar-refractivity contribution < 1.29 is 43.2 Å². The standard InChI is InChI=1S/C46H57N3O9/c1-45(2,37(51)18-7-9-26-47)40-21-12-17-34-28-33(34)14-5-6-22-41-48-35(29-55-41)43(53)57-39(46(3,4)38(52)19-8-10-27-50)20-11-15-31-24-25-32(31)16-13-23-42-49-36(30-56-42)44(54)58-40/h5-8,11-19,22-23,28-31,33,37-40,50-52H,9-10,20-21,24-27,47H2,1-4H3/b14-5+,15-11-,17-12-,18-7+,19-8+,22-6-,23-13-,32-16+/t31?,33-,37-,38-,39-,40-/m0/s1. The van der Waals surface area contributed by atoms with Crippen LogP contribution in [0.5, 0.6) is 0 Å². The van der Waals surface area contributed by atoms with Gasteiger partial charge in [0.2, 0.25) is 11.8 Å². The summed E-state index contributed by atoms with van der Waals surface area (Å²) >= 11 is 0. The number of hydrogen-bond acceptors (Lipinski definition) is 12. The second-order valence-electron chi connectivity index (χ2n) is 15.9. The van der Waals surface area contributed by atoms with E-state index in [0.29, 0.717) is 32.2 Å². The van der Waals surface area contributed by atoms with Gasteiger partial charge >= 0.3 is 11.9 Å². The van der Waals surface area contributed by atoms with Crippen LogP contribution in [-0.2, 0) is 9.47 Å². The van der Waals surface area contributed by atoms with Crippen molar-refractivity contribution in [3.63, 3.8) is 0 Å². The molecule has 3 heterocycles. The normalized spacial score (nSPS) is 27.1. The van der Waals surface area contributed by atoms with Gasteiger partial charge in [-0.2, -0.15) is 0 Å². The Labute approximate surface area is 340 Å². The van der Waals surface area contributed by atoms with E-state index in [1.165, 1.54) is 18.1 Å². The number of allylic oxidation sites excluding steroid dienone is 10. The Morgan fingerprint density at radius 3 is 1.97 bits per heavy atom. The maximum absolute atomic E-state index is 13.4. The zero-order valence-electron chi connectivity index (χ0n) is 33.8. The number of esters is 2. The van der Waals surface area contributed by atoms with Crippen molar-refractivity contribution >= 4 is 24.1 Å². The minimum atomic E-state index is -0.958. The average Bonchev–Trinajstić information content (AvgIpc) is 3.50. The summed E-state index contributed by atoms with van der Waals surface area (Å²) < 4.78 is 23.1. The number of nitrogens with zero attached hydrogens (tertiary/aromatic N) is 2. The Morgan fingerprint density at radius 2 is 1.40 bits per heavy atom. The SMILES string of the molecule is CC(C)([C@@H]1C/C=C\C2=C[C@@H]2/C=C/C=C\c2nc(co2)C(=O)O[C@H](C(C)(C)[C@@H](O)/C=C/CCO)C/C=C\C2CC/C2=C\C=C/c2nc(co2)C(=O)O1)[C@@H](O)/C=C/CCN. The van der Waals surface area contributed by atoms with E-state index >= 15 is 0 Å². The molecule has 6 atom stereocenters. The van der Waals surface area contributed by atoms with Crippen LogP contribution in [0.25, 0.3) is 12.2 Å². The Balaban J connectivity index is 1.39. The number of fused-ring (bicyclic) bond motifs is 6. The molecule has 3 aliphatic rings. The predicted octanol–water partition coefficient (Wildman–Crippen LogP) is 7.41. The van der Waals surface area contributed by atoms with Crippen LogP contribution in [-0.4, -0.2) is 74.8 Å². The molecule has 0 spiro atoms. The molecule has 4 bridgehead atoms. The first-order chi connectivity index (χ1) is 27.8. The van der Waals surface area contributed by atoms with Crippen LogP contribution in [0.4, 0.5) is 0 Å². The van der Waals surface area contributed by atoms with Gasteiger partial charge in [0.25, 0.3) is 0 Å². The molecule has 0 radical (unpaired) electrons. The first-order valence-electron chi connectivity index (χ1n) is 19.9. The van der Waals surface area contributed by atoms with E-state index < -0.39 is 47.2 Å². The monoisotopic (exact) mass is 795 g/mol. The van der Waals surface area contributed by atoms with Gasteiger partial charge in [-0.3, -0.25) is 0 Å². The zero-order valence-corrected chi connectivity index (χ0v) is 33.8. The van der Waals surface area contributed by atoms with Gasteiger partial charge in [0.1, 0.15) is 24.7 Å². The highest BCUT2D eigenvalue weighted by atomic mass is 16.6. The van der Waals surface area contributed by atoms with Crippen molar-refractivity contribution in [2.45, 2.75) is 90.6 Å². The van der Waals surface area contributed by atoms with E-state index in [0.717, 1.165) is 18.4 Å². The Kier molecular flexibility index (Phi) is 15.6. The molecule has 0 saturated heterocycles. The summed E-state index contributed by atoms with van der Waals surface area (Å²) in [5, 5.41) is 31.4. The summed E-state index contributed by atoms with van der Waals surface area (Å²) in [7, 11) is 0. The topological polar surface area (TPSA) is 191 Å².